The van der Waals surface area contributed by atoms with Crippen LogP contribution in [0.4, 0.5) is 0 Å². The number of esters is 1. The SMILES string of the molecule is CCCCOC(=O)CC.OCCOCCO. The summed E-state index contributed by atoms with van der Waals surface area (Å²) in [5.41, 5.74) is 0. The largest absolute Gasteiger partial charge is 0.466 e. The number of ether oxygens (including phenoxy) is 2. The number of rotatable bonds is 8. The molecular formula is C11H24O5. The Kier molecular flexibility index (Phi) is 18.6. The fourth-order valence-electron chi connectivity index (χ4n) is 0.664. The van der Waals surface area contributed by atoms with Crippen molar-refractivity contribution >= 4 is 5.97 Å². The smallest absolute Gasteiger partial charge is 0.305 e. The second kappa shape index (κ2) is 16.8. The molecule has 0 aromatic carbocycles. The Balaban J connectivity index is 0. The Bertz CT molecular complexity index is 134. The van der Waals surface area contributed by atoms with Crippen LogP contribution in [-0.2, 0) is 14.3 Å². The van der Waals surface area contributed by atoms with E-state index in [4.69, 9.17) is 14.9 Å². The molecule has 0 saturated heterocycles. The summed E-state index contributed by atoms with van der Waals surface area (Å²) in [5.74, 6) is -0.0940. The van der Waals surface area contributed by atoms with Crippen molar-refractivity contribution in [3.05, 3.63) is 0 Å². The van der Waals surface area contributed by atoms with Crippen LogP contribution in [0.2, 0.25) is 0 Å². The molecular weight excluding hydrogens is 212 g/mol. The second-order valence-corrected chi connectivity index (χ2v) is 2.99. The fraction of sp³-hybridized carbons (Fsp3) is 0.909. The van der Waals surface area contributed by atoms with Gasteiger partial charge in [0.15, 0.2) is 0 Å². The lowest BCUT2D eigenvalue weighted by molar-refractivity contribution is -0.143. The summed E-state index contributed by atoms with van der Waals surface area (Å²) in [6.45, 7) is 5.15. The zero-order chi connectivity index (χ0) is 12.6. The summed E-state index contributed by atoms with van der Waals surface area (Å²) in [4.78, 5) is 10.5. The van der Waals surface area contributed by atoms with Crippen molar-refractivity contribution in [3.8, 4) is 0 Å². The minimum atomic E-state index is -0.0940. The summed E-state index contributed by atoms with van der Waals surface area (Å²) in [7, 11) is 0. The van der Waals surface area contributed by atoms with Crippen LogP contribution >= 0.6 is 0 Å². The third kappa shape index (κ3) is 19.0. The molecule has 0 fully saturated rings. The highest BCUT2D eigenvalue weighted by molar-refractivity contribution is 5.68. The molecule has 16 heavy (non-hydrogen) atoms. The molecule has 0 rings (SSSR count). The summed E-state index contributed by atoms with van der Waals surface area (Å²) in [6.07, 6.45) is 2.55. The highest BCUT2D eigenvalue weighted by Gasteiger charge is 1.94. The van der Waals surface area contributed by atoms with E-state index in [1.165, 1.54) is 0 Å². The zero-order valence-corrected chi connectivity index (χ0v) is 10.3. The number of aliphatic hydroxyl groups is 2. The highest BCUT2D eigenvalue weighted by atomic mass is 16.5. The molecule has 98 valence electrons. The predicted molar refractivity (Wildman–Crippen MR) is 61.1 cm³/mol. The summed E-state index contributed by atoms with van der Waals surface area (Å²) < 4.78 is 9.42. The van der Waals surface area contributed by atoms with Gasteiger partial charge in [-0.05, 0) is 6.42 Å². The maximum Gasteiger partial charge on any atom is 0.305 e. The summed E-state index contributed by atoms with van der Waals surface area (Å²) in [5, 5.41) is 16.2. The lowest BCUT2D eigenvalue weighted by Gasteiger charge is -1.99. The molecule has 0 atom stereocenters. The van der Waals surface area contributed by atoms with Crippen molar-refractivity contribution in [2.75, 3.05) is 33.0 Å². The van der Waals surface area contributed by atoms with E-state index in [2.05, 4.69) is 11.7 Å². The molecule has 0 aliphatic carbocycles. The van der Waals surface area contributed by atoms with E-state index in [1.54, 1.807) is 6.92 Å². The van der Waals surface area contributed by atoms with Gasteiger partial charge in [-0.1, -0.05) is 20.3 Å². The van der Waals surface area contributed by atoms with Gasteiger partial charge in [0.05, 0.1) is 33.0 Å². The van der Waals surface area contributed by atoms with E-state index in [0.717, 1.165) is 12.8 Å². The Morgan fingerprint density at radius 1 is 1.06 bits per heavy atom. The van der Waals surface area contributed by atoms with Crippen LogP contribution in [0.15, 0.2) is 0 Å². The van der Waals surface area contributed by atoms with Crippen molar-refractivity contribution in [3.63, 3.8) is 0 Å². The molecule has 0 aliphatic rings. The molecule has 0 spiro atoms. The molecule has 0 heterocycles. The lowest BCUT2D eigenvalue weighted by Crippen LogP contribution is -2.03. The molecule has 5 nitrogen and oxygen atoms in total. The lowest BCUT2D eigenvalue weighted by atomic mass is 10.4. The third-order valence-electron chi connectivity index (χ3n) is 1.52. The van der Waals surface area contributed by atoms with Crippen LogP contribution in [0.25, 0.3) is 0 Å². The third-order valence-corrected chi connectivity index (χ3v) is 1.52. The molecule has 0 aromatic rings. The van der Waals surface area contributed by atoms with E-state index in [9.17, 15) is 4.79 Å². The van der Waals surface area contributed by atoms with Crippen LogP contribution in [-0.4, -0.2) is 49.2 Å². The van der Waals surface area contributed by atoms with Crippen LogP contribution in [0, 0.1) is 0 Å². The van der Waals surface area contributed by atoms with Gasteiger partial charge in [-0.3, -0.25) is 4.79 Å². The van der Waals surface area contributed by atoms with Crippen LogP contribution in [0.5, 0.6) is 0 Å². The number of hydrogen-bond donors (Lipinski definition) is 2. The second-order valence-electron chi connectivity index (χ2n) is 2.99. The van der Waals surface area contributed by atoms with E-state index >= 15 is 0 Å². The first-order chi connectivity index (χ1) is 7.72. The van der Waals surface area contributed by atoms with Crippen molar-refractivity contribution in [1.82, 2.24) is 0 Å². The summed E-state index contributed by atoms with van der Waals surface area (Å²) in [6, 6.07) is 0. The Labute approximate surface area is 97.4 Å². The van der Waals surface area contributed by atoms with Crippen molar-refractivity contribution < 1.29 is 24.5 Å². The number of unbranched alkanes of at least 4 members (excludes halogenated alkanes) is 1. The molecule has 0 unspecified atom stereocenters. The Morgan fingerprint density at radius 3 is 2.00 bits per heavy atom. The predicted octanol–water partition coefficient (Wildman–Crippen LogP) is 0.727. The van der Waals surface area contributed by atoms with E-state index in [1.807, 2.05) is 0 Å². The van der Waals surface area contributed by atoms with E-state index in [0.29, 0.717) is 26.2 Å². The van der Waals surface area contributed by atoms with Crippen LogP contribution in [0.3, 0.4) is 0 Å². The van der Waals surface area contributed by atoms with Gasteiger partial charge < -0.3 is 19.7 Å². The fourth-order valence-corrected chi connectivity index (χ4v) is 0.664. The van der Waals surface area contributed by atoms with Crippen molar-refractivity contribution in [2.24, 2.45) is 0 Å². The van der Waals surface area contributed by atoms with Gasteiger partial charge in [-0.25, -0.2) is 0 Å². The number of hydrogen-bond acceptors (Lipinski definition) is 5. The highest BCUT2D eigenvalue weighted by Crippen LogP contribution is 1.90. The van der Waals surface area contributed by atoms with Crippen LogP contribution < -0.4 is 0 Å². The number of aliphatic hydroxyl groups excluding tert-OH is 2. The first kappa shape index (κ1) is 17.7. The van der Waals surface area contributed by atoms with Gasteiger partial charge in [0.1, 0.15) is 0 Å². The van der Waals surface area contributed by atoms with Gasteiger partial charge in [-0.2, -0.15) is 0 Å². The van der Waals surface area contributed by atoms with Crippen molar-refractivity contribution in [2.45, 2.75) is 33.1 Å². The van der Waals surface area contributed by atoms with Crippen molar-refractivity contribution in [1.29, 1.82) is 0 Å². The average molecular weight is 236 g/mol. The van der Waals surface area contributed by atoms with Gasteiger partial charge in [-0.15, -0.1) is 0 Å². The Morgan fingerprint density at radius 2 is 1.62 bits per heavy atom. The van der Waals surface area contributed by atoms with Gasteiger partial charge >= 0.3 is 5.97 Å². The van der Waals surface area contributed by atoms with Crippen LogP contribution in [0.1, 0.15) is 33.1 Å². The maximum atomic E-state index is 10.5. The Hall–Kier alpha value is -0.650. The molecule has 0 aromatic heterocycles. The average Bonchev–Trinajstić information content (AvgIpc) is 2.31. The van der Waals surface area contributed by atoms with E-state index in [-0.39, 0.29) is 19.2 Å². The minimum absolute atomic E-state index is 0.0278. The number of carbonyl (C=O) groups excluding carboxylic acids is 1. The monoisotopic (exact) mass is 236 g/mol. The van der Waals surface area contributed by atoms with Gasteiger partial charge in [0, 0.05) is 6.42 Å². The zero-order valence-electron chi connectivity index (χ0n) is 10.3. The maximum absolute atomic E-state index is 10.5. The molecule has 0 aliphatic heterocycles. The normalized spacial score (nSPS) is 9.25. The van der Waals surface area contributed by atoms with E-state index < -0.39 is 0 Å². The number of carbonyl (C=O) groups is 1. The molecule has 5 heteroatoms. The molecule has 2 N–H and O–H groups in total. The van der Waals surface area contributed by atoms with Gasteiger partial charge in [0.2, 0.25) is 0 Å². The molecule has 0 radical (unpaired) electrons. The topological polar surface area (TPSA) is 76.0 Å². The first-order valence-corrected chi connectivity index (χ1v) is 5.67. The van der Waals surface area contributed by atoms with Gasteiger partial charge in [0.25, 0.3) is 0 Å². The molecule has 0 bridgehead atoms. The first-order valence-electron chi connectivity index (χ1n) is 5.67. The molecule has 0 amide bonds. The quantitative estimate of drug-likeness (QED) is 0.480. The summed E-state index contributed by atoms with van der Waals surface area (Å²) >= 11 is 0. The standard InChI is InChI=1S/C7H14O2.C4H10O3/c1-3-5-6-9-7(8)4-2;5-1-3-7-4-2-6/h3-6H2,1-2H3;5-6H,1-4H2. The minimum Gasteiger partial charge on any atom is -0.466 e. The molecule has 0 saturated carbocycles.